The number of nitrogens with two attached hydrogens (primary N) is 1. The lowest BCUT2D eigenvalue weighted by Crippen LogP contribution is -2.37. The van der Waals surface area contributed by atoms with Gasteiger partial charge in [-0.3, -0.25) is 4.79 Å². The zero-order chi connectivity index (χ0) is 15.2. The molecule has 0 unspecified atom stereocenters. The van der Waals surface area contributed by atoms with Crippen LogP contribution in [-0.2, 0) is 0 Å². The molecule has 0 spiro atoms. The van der Waals surface area contributed by atoms with Crippen LogP contribution in [-0.4, -0.2) is 23.0 Å². The fourth-order valence-corrected chi connectivity index (χ4v) is 2.86. The fourth-order valence-electron chi connectivity index (χ4n) is 2.86. The monoisotopic (exact) mass is 289 g/mol. The summed E-state index contributed by atoms with van der Waals surface area (Å²) < 4.78 is 0. The summed E-state index contributed by atoms with van der Waals surface area (Å²) in [5, 5.41) is 14.7. The average Bonchev–Trinajstić information content (AvgIpc) is 2.55. The predicted octanol–water partition coefficient (Wildman–Crippen LogP) is 2.48. The quantitative estimate of drug-likeness (QED) is 0.344. The van der Waals surface area contributed by atoms with Crippen LogP contribution in [0.4, 0.5) is 0 Å². The molecule has 0 saturated heterocycles. The van der Waals surface area contributed by atoms with Crippen molar-refractivity contribution in [1.82, 2.24) is 5.32 Å². The largest absolute Gasteiger partial charge is 0.409 e. The van der Waals surface area contributed by atoms with Crippen molar-refractivity contribution in [2.24, 2.45) is 16.8 Å². The third-order valence-corrected chi connectivity index (χ3v) is 4.29. The van der Waals surface area contributed by atoms with Gasteiger partial charge in [0.15, 0.2) is 5.84 Å². The summed E-state index contributed by atoms with van der Waals surface area (Å²) in [4.78, 5) is 12.3. The molecule has 4 N–H and O–H groups in total. The predicted molar refractivity (Wildman–Crippen MR) is 82.5 cm³/mol. The van der Waals surface area contributed by atoms with E-state index in [0.29, 0.717) is 11.1 Å². The Kier molecular flexibility index (Phi) is 5.20. The Bertz CT molecular complexity index is 520. The SMILES string of the molecule is CCC1CCC(NC(=O)c2cccc(C(N)=NO)c2)CC1. The first-order valence-corrected chi connectivity index (χ1v) is 7.52. The zero-order valence-electron chi connectivity index (χ0n) is 12.4. The van der Waals surface area contributed by atoms with Crippen molar-refractivity contribution in [3.63, 3.8) is 0 Å². The lowest BCUT2D eigenvalue weighted by molar-refractivity contribution is 0.0921. The molecular weight excluding hydrogens is 266 g/mol. The smallest absolute Gasteiger partial charge is 0.251 e. The molecule has 0 radical (unpaired) electrons. The molecule has 1 aliphatic carbocycles. The minimum absolute atomic E-state index is 0.00750. The van der Waals surface area contributed by atoms with Crippen molar-refractivity contribution in [3.05, 3.63) is 35.4 Å². The molecule has 21 heavy (non-hydrogen) atoms. The lowest BCUT2D eigenvalue weighted by atomic mass is 9.84. The van der Waals surface area contributed by atoms with Crippen LogP contribution in [0.5, 0.6) is 0 Å². The van der Waals surface area contributed by atoms with Crippen molar-refractivity contribution in [3.8, 4) is 0 Å². The molecule has 5 heteroatoms. The summed E-state index contributed by atoms with van der Waals surface area (Å²) in [5.41, 5.74) is 6.63. The van der Waals surface area contributed by atoms with E-state index < -0.39 is 0 Å². The number of carbonyl (C=O) groups is 1. The zero-order valence-corrected chi connectivity index (χ0v) is 12.4. The van der Waals surface area contributed by atoms with Crippen LogP contribution in [0.1, 0.15) is 54.9 Å². The van der Waals surface area contributed by atoms with Gasteiger partial charge in [-0.05, 0) is 43.7 Å². The van der Waals surface area contributed by atoms with Crippen molar-refractivity contribution in [2.75, 3.05) is 0 Å². The van der Waals surface area contributed by atoms with Gasteiger partial charge in [-0.25, -0.2) is 0 Å². The maximum absolute atomic E-state index is 12.3. The molecule has 2 rings (SSSR count). The molecule has 0 aliphatic heterocycles. The van der Waals surface area contributed by atoms with Crippen molar-refractivity contribution in [2.45, 2.75) is 45.1 Å². The normalized spacial score (nSPS) is 22.8. The van der Waals surface area contributed by atoms with Crippen LogP contribution >= 0.6 is 0 Å². The number of carbonyl (C=O) groups excluding carboxylic acids is 1. The summed E-state index contributed by atoms with van der Waals surface area (Å²) >= 11 is 0. The Morgan fingerprint density at radius 2 is 2.00 bits per heavy atom. The average molecular weight is 289 g/mol. The first-order chi connectivity index (χ1) is 10.1. The van der Waals surface area contributed by atoms with Gasteiger partial charge in [-0.15, -0.1) is 0 Å². The van der Waals surface area contributed by atoms with Gasteiger partial charge in [0.25, 0.3) is 5.91 Å². The van der Waals surface area contributed by atoms with E-state index in [0.717, 1.165) is 18.8 Å². The summed E-state index contributed by atoms with van der Waals surface area (Å²) in [6.45, 7) is 2.22. The highest BCUT2D eigenvalue weighted by molar-refractivity contribution is 6.01. The van der Waals surface area contributed by atoms with Crippen LogP contribution in [0.15, 0.2) is 29.4 Å². The molecule has 1 saturated carbocycles. The van der Waals surface area contributed by atoms with E-state index in [4.69, 9.17) is 10.9 Å². The number of hydrogen-bond donors (Lipinski definition) is 3. The Labute approximate surface area is 125 Å². The second-order valence-corrected chi connectivity index (χ2v) is 5.67. The molecule has 1 aromatic carbocycles. The van der Waals surface area contributed by atoms with E-state index >= 15 is 0 Å². The molecule has 0 aromatic heterocycles. The molecule has 0 atom stereocenters. The van der Waals surface area contributed by atoms with E-state index in [2.05, 4.69) is 17.4 Å². The van der Waals surface area contributed by atoms with Gasteiger partial charge in [-0.2, -0.15) is 0 Å². The fraction of sp³-hybridized carbons (Fsp3) is 0.500. The summed E-state index contributed by atoms with van der Waals surface area (Å²) in [5.74, 6) is 0.720. The number of rotatable bonds is 4. The Balaban J connectivity index is 1.98. The second-order valence-electron chi connectivity index (χ2n) is 5.67. The van der Waals surface area contributed by atoms with Gasteiger partial charge >= 0.3 is 0 Å². The van der Waals surface area contributed by atoms with Gasteiger partial charge in [0.1, 0.15) is 0 Å². The topological polar surface area (TPSA) is 87.7 Å². The summed E-state index contributed by atoms with van der Waals surface area (Å²) in [7, 11) is 0. The third-order valence-electron chi connectivity index (χ3n) is 4.29. The van der Waals surface area contributed by atoms with Crippen molar-refractivity contribution in [1.29, 1.82) is 0 Å². The van der Waals surface area contributed by atoms with E-state index in [1.807, 2.05) is 0 Å². The molecule has 1 amide bonds. The van der Waals surface area contributed by atoms with Gasteiger partial charge in [0, 0.05) is 17.2 Å². The number of nitrogens with one attached hydrogen (secondary N) is 1. The Hall–Kier alpha value is -2.04. The van der Waals surface area contributed by atoms with E-state index in [1.165, 1.54) is 19.3 Å². The maximum Gasteiger partial charge on any atom is 0.251 e. The van der Waals surface area contributed by atoms with Crippen LogP contribution in [0.3, 0.4) is 0 Å². The van der Waals surface area contributed by atoms with E-state index in [-0.39, 0.29) is 17.8 Å². The van der Waals surface area contributed by atoms with Crippen molar-refractivity contribution >= 4 is 11.7 Å². The third kappa shape index (κ3) is 3.97. The number of oxime groups is 1. The molecule has 1 aliphatic rings. The highest BCUT2D eigenvalue weighted by Crippen LogP contribution is 2.26. The highest BCUT2D eigenvalue weighted by atomic mass is 16.4. The molecule has 5 nitrogen and oxygen atoms in total. The molecule has 0 heterocycles. The van der Waals surface area contributed by atoms with Gasteiger partial charge in [0.05, 0.1) is 0 Å². The van der Waals surface area contributed by atoms with Gasteiger partial charge in [-0.1, -0.05) is 30.6 Å². The Morgan fingerprint density at radius 3 is 2.62 bits per heavy atom. The van der Waals surface area contributed by atoms with Crippen molar-refractivity contribution < 1.29 is 10.0 Å². The van der Waals surface area contributed by atoms with Gasteiger partial charge in [0.2, 0.25) is 0 Å². The Morgan fingerprint density at radius 1 is 1.33 bits per heavy atom. The summed E-state index contributed by atoms with van der Waals surface area (Å²) in [6, 6.07) is 7.07. The summed E-state index contributed by atoms with van der Waals surface area (Å²) in [6.07, 6.45) is 5.69. The second kappa shape index (κ2) is 7.11. The van der Waals surface area contributed by atoms with E-state index in [9.17, 15) is 4.79 Å². The number of amides is 1. The first kappa shape index (κ1) is 15.4. The number of hydrogen-bond acceptors (Lipinski definition) is 3. The number of amidine groups is 1. The van der Waals surface area contributed by atoms with Crippen LogP contribution in [0.25, 0.3) is 0 Å². The lowest BCUT2D eigenvalue weighted by Gasteiger charge is -2.28. The van der Waals surface area contributed by atoms with Crippen LogP contribution in [0, 0.1) is 5.92 Å². The highest BCUT2D eigenvalue weighted by Gasteiger charge is 2.21. The molecule has 1 aromatic rings. The molecule has 0 bridgehead atoms. The van der Waals surface area contributed by atoms with Crippen LogP contribution < -0.4 is 11.1 Å². The first-order valence-electron chi connectivity index (χ1n) is 7.52. The molecular formula is C16H23N3O2. The minimum Gasteiger partial charge on any atom is -0.409 e. The maximum atomic E-state index is 12.3. The molecule has 1 fully saturated rings. The molecule has 114 valence electrons. The van der Waals surface area contributed by atoms with E-state index in [1.54, 1.807) is 24.3 Å². The number of benzene rings is 1. The minimum atomic E-state index is -0.0949. The number of nitrogens with zero attached hydrogens (tertiary/aromatic N) is 1. The van der Waals surface area contributed by atoms with Crippen LogP contribution in [0.2, 0.25) is 0 Å². The van der Waals surface area contributed by atoms with Gasteiger partial charge < -0.3 is 16.3 Å². The standard InChI is InChI=1S/C16H23N3O2/c1-2-11-6-8-14(9-7-11)18-16(20)13-5-3-4-12(10-13)15(17)19-21/h3-5,10-11,14,21H,2,6-9H2,1H3,(H2,17,19)(H,18,20).